The summed E-state index contributed by atoms with van der Waals surface area (Å²) in [6.07, 6.45) is 0. The molecule has 0 radical (unpaired) electrons. The van der Waals surface area contributed by atoms with Gasteiger partial charge < -0.3 is 9.80 Å². The predicted octanol–water partition coefficient (Wildman–Crippen LogP) is 3.16. The summed E-state index contributed by atoms with van der Waals surface area (Å²) in [5.74, 6) is 0.224. The molecule has 0 unspecified atom stereocenters. The number of benzene rings is 1. The molecular weight excluding hydrogens is 279 g/mol. The van der Waals surface area contributed by atoms with Crippen molar-refractivity contribution >= 4 is 11.6 Å². The minimum absolute atomic E-state index is 0.0954. The van der Waals surface area contributed by atoms with Gasteiger partial charge in [-0.3, -0.25) is 4.79 Å². The number of piperazine rings is 1. The van der Waals surface area contributed by atoms with Gasteiger partial charge in [0.2, 0.25) is 5.91 Å². The Balaban J connectivity index is 1.61. The van der Waals surface area contributed by atoms with E-state index in [1.165, 1.54) is 12.1 Å². The molecule has 3 nitrogen and oxygen atoms in total. The molecular formula is C18H25FN2O. The minimum Gasteiger partial charge on any atom is -0.368 e. The van der Waals surface area contributed by atoms with Crippen molar-refractivity contribution in [1.29, 1.82) is 0 Å². The summed E-state index contributed by atoms with van der Waals surface area (Å²) >= 11 is 0. The van der Waals surface area contributed by atoms with E-state index in [1.54, 1.807) is 12.1 Å². The zero-order valence-corrected chi connectivity index (χ0v) is 13.9. The smallest absolute Gasteiger partial charge is 0.226 e. The number of rotatable bonds is 2. The normalized spacial score (nSPS) is 23.5. The van der Waals surface area contributed by atoms with Gasteiger partial charge in [0.15, 0.2) is 0 Å². The highest BCUT2D eigenvalue weighted by atomic mass is 19.1. The fourth-order valence-corrected chi connectivity index (χ4v) is 3.83. The Labute approximate surface area is 132 Å². The Morgan fingerprint density at radius 1 is 1.00 bits per heavy atom. The molecule has 4 heteroatoms. The van der Waals surface area contributed by atoms with Crippen LogP contribution in [0, 0.1) is 22.6 Å². The molecule has 1 aromatic rings. The molecule has 0 spiro atoms. The van der Waals surface area contributed by atoms with E-state index in [2.05, 4.69) is 32.6 Å². The molecule has 0 atom stereocenters. The van der Waals surface area contributed by atoms with E-state index in [9.17, 15) is 9.18 Å². The molecule has 1 aliphatic heterocycles. The Kier molecular flexibility index (Phi) is 3.46. The molecule has 0 aromatic heterocycles. The van der Waals surface area contributed by atoms with Gasteiger partial charge in [0, 0.05) is 37.8 Å². The second kappa shape index (κ2) is 4.97. The maximum absolute atomic E-state index is 13.0. The summed E-state index contributed by atoms with van der Waals surface area (Å²) in [4.78, 5) is 17.0. The minimum atomic E-state index is -0.212. The largest absolute Gasteiger partial charge is 0.368 e. The zero-order valence-electron chi connectivity index (χ0n) is 13.9. The third-order valence-corrected chi connectivity index (χ3v) is 6.05. The monoisotopic (exact) mass is 304 g/mol. The van der Waals surface area contributed by atoms with Crippen LogP contribution < -0.4 is 4.90 Å². The highest BCUT2D eigenvalue weighted by Gasteiger charge is 2.68. The van der Waals surface area contributed by atoms with Crippen LogP contribution in [0.25, 0.3) is 0 Å². The summed E-state index contributed by atoms with van der Waals surface area (Å²) in [7, 11) is 0. The van der Waals surface area contributed by atoms with Crippen molar-refractivity contribution in [2.24, 2.45) is 16.7 Å². The SMILES string of the molecule is CC1(C)C(C(=O)N2CCN(c3ccc(F)cc3)CC2)C1(C)C. The first-order valence-electron chi connectivity index (χ1n) is 8.04. The summed E-state index contributed by atoms with van der Waals surface area (Å²) in [6.45, 7) is 11.9. The quantitative estimate of drug-likeness (QED) is 0.838. The van der Waals surface area contributed by atoms with E-state index in [0.29, 0.717) is 5.91 Å². The van der Waals surface area contributed by atoms with Gasteiger partial charge >= 0.3 is 0 Å². The van der Waals surface area contributed by atoms with Crippen LogP contribution in [0.3, 0.4) is 0 Å². The lowest BCUT2D eigenvalue weighted by molar-refractivity contribution is -0.134. The highest BCUT2D eigenvalue weighted by Crippen LogP contribution is 2.68. The maximum Gasteiger partial charge on any atom is 0.226 e. The molecule has 22 heavy (non-hydrogen) atoms. The molecule has 1 saturated heterocycles. The summed E-state index contributed by atoms with van der Waals surface area (Å²) in [6, 6.07) is 6.59. The molecule has 0 bridgehead atoms. The van der Waals surface area contributed by atoms with Crippen molar-refractivity contribution in [2.45, 2.75) is 27.7 Å². The first-order valence-corrected chi connectivity index (χ1v) is 8.04. The Morgan fingerprint density at radius 2 is 1.50 bits per heavy atom. The molecule has 0 N–H and O–H groups in total. The van der Waals surface area contributed by atoms with Crippen LogP contribution >= 0.6 is 0 Å². The average molecular weight is 304 g/mol. The molecule has 1 amide bonds. The standard InChI is InChI=1S/C18H25FN2O/c1-17(2)15(18(17,3)4)16(22)21-11-9-20(10-12-21)14-7-5-13(19)6-8-14/h5-8,15H,9-12H2,1-4H3. The van der Waals surface area contributed by atoms with Gasteiger partial charge in [-0.05, 0) is 35.1 Å². The van der Waals surface area contributed by atoms with Crippen molar-refractivity contribution in [3.63, 3.8) is 0 Å². The van der Waals surface area contributed by atoms with E-state index in [4.69, 9.17) is 0 Å². The number of hydrogen-bond acceptors (Lipinski definition) is 2. The zero-order chi connectivity index (χ0) is 16.1. The van der Waals surface area contributed by atoms with Crippen LogP contribution in [0.4, 0.5) is 10.1 Å². The number of carbonyl (C=O) groups excluding carboxylic acids is 1. The van der Waals surface area contributed by atoms with Crippen molar-refractivity contribution in [3.05, 3.63) is 30.1 Å². The Bertz CT molecular complexity index is 557. The third kappa shape index (κ3) is 2.29. The first kappa shape index (κ1) is 15.3. The lowest BCUT2D eigenvalue weighted by Gasteiger charge is -2.36. The van der Waals surface area contributed by atoms with Gasteiger partial charge in [-0.1, -0.05) is 27.7 Å². The molecule has 1 aromatic carbocycles. The molecule has 2 aliphatic rings. The van der Waals surface area contributed by atoms with Gasteiger partial charge in [0.05, 0.1) is 0 Å². The first-order chi connectivity index (χ1) is 10.2. The summed E-state index contributed by atoms with van der Waals surface area (Å²) in [5.41, 5.74) is 1.22. The second-order valence-corrected chi connectivity index (χ2v) is 7.67. The number of nitrogens with zero attached hydrogens (tertiary/aromatic N) is 2. The highest BCUT2D eigenvalue weighted by molar-refractivity contribution is 5.84. The van der Waals surface area contributed by atoms with Gasteiger partial charge in [-0.2, -0.15) is 0 Å². The van der Waals surface area contributed by atoms with Crippen LogP contribution in [0.2, 0.25) is 0 Å². The van der Waals surface area contributed by atoms with Crippen LogP contribution in [0.1, 0.15) is 27.7 Å². The average Bonchev–Trinajstić information content (AvgIpc) is 2.89. The lowest BCUT2D eigenvalue weighted by atomic mass is 10.0. The van der Waals surface area contributed by atoms with E-state index in [1.807, 2.05) is 4.90 Å². The van der Waals surface area contributed by atoms with Crippen LogP contribution in [0.15, 0.2) is 24.3 Å². The molecule has 2 fully saturated rings. The van der Waals surface area contributed by atoms with E-state index in [0.717, 1.165) is 31.9 Å². The molecule has 1 aliphatic carbocycles. The van der Waals surface area contributed by atoms with Gasteiger partial charge in [0.25, 0.3) is 0 Å². The van der Waals surface area contributed by atoms with Crippen molar-refractivity contribution < 1.29 is 9.18 Å². The van der Waals surface area contributed by atoms with Crippen molar-refractivity contribution in [3.8, 4) is 0 Å². The molecule has 120 valence electrons. The van der Waals surface area contributed by atoms with Gasteiger partial charge in [-0.25, -0.2) is 4.39 Å². The van der Waals surface area contributed by atoms with E-state index in [-0.39, 0.29) is 22.6 Å². The molecule has 3 rings (SSSR count). The fraction of sp³-hybridized carbons (Fsp3) is 0.611. The van der Waals surface area contributed by atoms with E-state index < -0.39 is 0 Å². The Hall–Kier alpha value is -1.58. The van der Waals surface area contributed by atoms with E-state index >= 15 is 0 Å². The molecule has 1 saturated carbocycles. The number of halogens is 1. The van der Waals surface area contributed by atoms with Crippen LogP contribution in [-0.2, 0) is 4.79 Å². The Morgan fingerprint density at radius 3 is 1.95 bits per heavy atom. The number of amides is 1. The second-order valence-electron chi connectivity index (χ2n) is 7.67. The number of hydrogen-bond donors (Lipinski definition) is 0. The van der Waals surface area contributed by atoms with Crippen LogP contribution in [-0.4, -0.2) is 37.0 Å². The molecule has 1 heterocycles. The number of anilines is 1. The fourth-order valence-electron chi connectivity index (χ4n) is 3.83. The number of carbonyl (C=O) groups is 1. The summed E-state index contributed by atoms with van der Waals surface area (Å²) in [5, 5.41) is 0. The van der Waals surface area contributed by atoms with Crippen LogP contribution in [0.5, 0.6) is 0 Å². The van der Waals surface area contributed by atoms with Crippen molar-refractivity contribution in [2.75, 3.05) is 31.1 Å². The van der Waals surface area contributed by atoms with Gasteiger partial charge in [0.1, 0.15) is 5.82 Å². The lowest BCUT2D eigenvalue weighted by Crippen LogP contribution is -2.49. The van der Waals surface area contributed by atoms with Gasteiger partial charge in [-0.15, -0.1) is 0 Å². The van der Waals surface area contributed by atoms with Crippen molar-refractivity contribution in [1.82, 2.24) is 4.90 Å². The summed E-state index contributed by atoms with van der Waals surface area (Å²) < 4.78 is 13.0. The third-order valence-electron chi connectivity index (χ3n) is 6.05. The predicted molar refractivity (Wildman–Crippen MR) is 86.2 cm³/mol. The maximum atomic E-state index is 13.0. The topological polar surface area (TPSA) is 23.6 Å².